The predicted octanol–water partition coefficient (Wildman–Crippen LogP) is 3.36. The zero-order chi connectivity index (χ0) is 13.8. The van der Waals surface area contributed by atoms with Crippen molar-refractivity contribution >= 4 is 27.6 Å². The number of halogens is 1. The molecule has 0 bridgehead atoms. The van der Waals surface area contributed by atoms with Crippen LogP contribution in [-0.2, 0) is 6.54 Å². The molecule has 0 unspecified atom stereocenters. The second-order valence-electron chi connectivity index (χ2n) is 3.77. The van der Waals surface area contributed by atoms with Crippen LogP contribution in [0.15, 0.2) is 39.2 Å². The monoisotopic (exact) mass is 325 g/mol. The molecule has 2 N–H and O–H groups in total. The Bertz CT molecular complexity index is 594. The number of carbonyl (C=O) groups is 1. The molecule has 2 rings (SSSR count). The maximum atomic E-state index is 10.7. The van der Waals surface area contributed by atoms with Gasteiger partial charge in [-0.1, -0.05) is 0 Å². The largest absolute Gasteiger partial charge is 0.495 e. The van der Waals surface area contributed by atoms with E-state index in [2.05, 4.69) is 21.2 Å². The molecule has 0 aliphatic carbocycles. The summed E-state index contributed by atoms with van der Waals surface area (Å²) in [5, 5.41) is 11.9. The molecular formula is C13H12BrNO4. The second kappa shape index (κ2) is 5.79. The maximum Gasteiger partial charge on any atom is 0.371 e. The van der Waals surface area contributed by atoms with E-state index in [0.717, 1.165) is 15.9 Å². The topological polar surface area (TPSA) is 71.7 Å². The summed E-state index contributed by atoms with van der Waals surface area (Å²) in [4.78, 5) is 10.7. The number of rotatable bonds is 5. The average molecular weight is 326 g/mol. The normalized spacial score (nSPS) is 10.2. The number of ether oxygens (including phenoxy) is 1. The van der Waals surface area contributed by atoms with Crippen LogP contribution in [0.5, 0.6) is 5.75 Å². The summed E-state index contributed by atoms with van der Waals surface area (Å²) in [7, 11) is 1.59. The van der Waals surface area contributed by atoms with Crippen LogP contribution in [0.4, 0.5) is 5.69 Å². The molecule has 0 amide bonds. The Morgan fingerprint density at radius 2 is 2.21 bits per heavy atom. The van der Waals surface area contributed by atoms with E-state index in [0.29, 0.717) is 12.3 Å². The Balaban J connectivity index is 2.03. The summed E-state index contributed by atoms with van der Waals surface area (Å²) in [5.74, 6) is 0.136. The third kappa shape index (κ3) is 3.29. The molecule has 0 aliphatic heterocycles. The summed E-state index contributed by atoms with van der Waals surface area (Å²) in [6.45, 7) is 0.401. The number of methoxy groups -OCH3 is 1. The fourth-order valence-electron chi connectivity index (χ4n) is 1.55. The molecule has 1 aromatic carbocycles. The van der Waals surface area contributed by atoms with E-state index in [4.69, 9.17) is 14.3 Å². The molecule has 5 nitrogen and oxygen atoms in total. The molecule has 0 saturated heterocycles. The molecule has 0 radical (unpaired) electrons. The van der Waals surface area contributed by atoms with Crippen LogP contribution < -0.4 is 10.1 Å². The number of carboxylic acids is 1. The van der Waals surface area contributed by atoms with Gasteiger partial charge in [-0.15, -0.1) is 0 Å². The van der Waals surface area contributed by atoms with Crippen molar-refractivity contribution in [3.63, 3.8) is 0 Å². The molecule has 0 aliphatic rings. The third-order valence-electron chi connectivity index (χ3n) is 2.49. The highest BCUT2D eigenvalue weighted by molar-refractivity contribution is 9.10. The van der Waals surface area contributed by atoms with Gasteiger partial charge in [0.15, 0.2) is 0 Å². The van der Waals surface area contributed by atoms with Crippen molar-refractivity contribution in [3.05, 3.63) is 46.3 Å². The SMILES string of the molecule is COc1cc(NCc2ccc(C(=O)O)o2)ccc1Br. The zero-order valence-electron chi connectivity index (χ0n) is 10.1. The number of nitrogens with one attached hydrogen (secondary N) is 1. The van der Waals surface area contributed by atoms with Gasteiger partial charge in [0, 0.05) is 11.8 Å². The lowest BCUT2D eigenvalue weighted by Crippen LogP contribution is -1.99. The molecule has 1 aromatic heterocycles. The van der Waals surface area contributed by atoms with Gasteiger partial charge in [-0.05, 0) is 40.2 Å². The van der Waals surface area contributed by atoms with E-state index in [1.807, 2.05) is 18.2 Å². The Kier molecular flexibility index (Phi) is 4.11. The standard InChI is InChI=1S/C13H12BrNO4/c1-18-12-6-8(2-4-10(12)14)15-7-9-3-5-11(19-9)13(16)17/h2-6,15H,7H2,1H3,(H,16,17). The summed E-state index contributed by atoms with van der Waals surface area (Å²) in [5.41, 5.74) is 0.855. The molecule has 19 heavy (non-hydrogen) atoms. The van der Waals surface area contributed by atoms with E-state index in [9.17, 15) is 4.79 Å². The first-order valence-electron chi connectivity index (χ1n) is 5.49. The van der Waals surface area contributed by atoms with Crippen molar-refractivity contribution in [2.75, 3.05) is 12.4 Å². The van der Waals surface area contributed by atoms with Gasteiger partial charge in [0.25, 0.3) is 0 Å². The average Bonchev–Trinajstić information content (AvgIpc) is 2.87. The van der Waals surface area contributed by atoms with Crippen LogP contribution >= 0.6 is 15.9 Å². The lowest BCUT2D eigenvalue weighted by Gasteiger charge is -2.08. The molecule has 0 fully saturated rings. The number of benzene rings is 1. The molecule has 0 spiro atoms. The smallest absolute Gasteiger partial charge is 0.371 e. The molecule has 100 valence electrons. The van der Waals surface area contributed by atoms with Gasteiger partial charge in [0.2, 0.25) is 5.76 Å². The second-order valence-corrected chi connectivity index (χ2v) is 4.63. The van der Waals surface area contributed by atoms with Gasteiger partial charge in [0.1, 0.15) is 11.5 Å². The van der Waals surface area contributed by atoms with Crippen LogP contribution in [0, 0.1) is 0 Å². The maximum absolute atomic E-state index is 10.7. The van der Waals surface area contributed by atoms with Gasteiger partial charge in [0.05, 0.1) is 18.1 Å². The first-order valence-corrected chi connectivity index (χ1v) is 6.29. The lowest BCUT2D eigenvalue weighted by atomic mass is 10.3. The fraction of sp³-hybridized carbons (Fsp3) is 0.154. The highest BCUT2D eigenvalue weighted by Gasteiger charge is 2.08. The number of furan rings is 1. The fourth-order valence-corrected chi connectivity index (χ4v) is 1.96. The minimum atomic E-state index is -1.07. The Labute approximate surface area is 118 Å². The van der Waals surface area contributed by atoms with Gasteiger partial charge in [-0.25, -0.2) is 4.79 Å². The van der Waals surface area contributed by atoms with Crippen molar-refractivity contribution < 1.29 is 19.1 Å². The van der Waals surface area contributed by atoms with Crippen LogP contribution in [0.25, 0.3) is 0 Å². The first-order chi connectivity index (χ1) is 9.10. The third-order valence-corrected chi connectivity index (χ3v) is 3.15. The Morgan fingerprint density at radius 1 is 1.42 bits per heavy atom. The van der Waals surface area contributed by atoms with Gasteiger partial charge in [-0.2, -0.15) is 0 Å². The zero-order valence-corrected chi connectivity index (χ0v) is 11.7. The summed E-state index contributed by atoms with van der Waals surface area (Å²) in [6, 6.07) is 8.65. The van der Waals surface area contributed by atoms with Gasteiger partial charge < -0.3 is 19.6 Å². The minimum Gasteiger partial charge on any atom is -0.495 e. The number of carboxylic acid groups (broad SMARTS) is 1. The summed E-state index contributed by atoms with van der Waals surface area (Å²) < 4.78 is 11.2. The Morgan fingerprint density at radius 3 is 2.84 bits per heavy atom. The molecular weight excluding hydrogens is 314 g/mol. The van der Waals surface area contributed by atoms with E-state index in [1.54, 1.807) is 13.2 Å². The van der Waals surface area contributed by atoms with E-state index >= 15 is 0 Å². The Hall–Kier alpha value is -1.95. The molecule has 0 atom stereocenters. The van der Waals surface area contributed by atoms with Gasteiger partial charge in [-0.3, -0.25) is 0 Å². The first kappa shape index (κ1) is 13.5. The minimum absolute atomic E-state index is 0.0646. The highest BCUT2D eigenvalue weighted by atomic mass is 79.9. The highest BCUT2D eigenvalue weighted by Crippen LogP contribution is 2.28. The van der Waals surface area contributed by atoms with Crippen molar-refractivity contribution in [2.24, 2.45) is 0 Å². The molecule has 0 saturated carbocycles. The summed E-state index contributed by atoms with van der Waals surface area (Å²) in [6.07, 6.45) is 0. The molecule has 6 heteroatoms. The van der Waals surface area contributed by atoms with Crippen LogP contribution in [-0.4, -0.2) is 18.2 Å². The van der Waals surface area contributed by atoms with E-state index < -0.39 is 5.97 Å². The van der Waals surface area contributed by atoms with Crippen LogP contribution in [0.3, 0.4) is 0 Å². The number of anilines is 1. The van der Waals surface area contributed by atoms with Crippen molar-refractivity contribution in [1.82, 2.24) is 0 Å². The van der Waals surface area contributed by atoms with Gasteiger partial charge >= 0.3 is 5.97 Å². The molecule has 2 aromatic rings. The van der Waals surface area contributed by atoms with Crippen molar-refractivity contribution in [3.8, 4) is 5.75 Å². The van der Waals surface area contributed by atoms with Crippen LogP contribution in [0.1, 0.15) is 16.3 Å². The summed E-state index contributed by atoms with van der Waals surface area (Å²) >= 11 is 3.37. The lowest BCUT2D eigenvalue weighted by molar-refractivity contribution is 0.0660. The predicted molar refractivity (Wildman–Crippen MR) is 73.7 cm³/mol. The quantitative estimate of drug-likeness (QED) is 0.881. The number of aromatic carboxylic acids is 1. The molecule has 1 heterocycles. The van der Waals surface area contributed by atoms with Crippen molar-refractivity contribution in [2.45, 2.75) is 6.54 Å². The van der Waals surface area contributed by atoms with E-state index in [1.165, 1.54) is 6.07 Å². The van der Waals surface area contributed by atoms with Crippen molar-refractivity contribution in [1.29, 1.82) is 0 Å². The number of hydrogen-bond donors (Lipinski definition) is 2. The van der Waals surface area contributed by atoms with E-state index in [-0.39, 0.29) is 5.76 Å². The van der Waals surface area contributed by atoms with Crippen LogP contribution in [0.2, 0.25) is 0 Å². The number of hydrogen-bond acceptors (Lipinski definition) is 4.